The Hall–Kier alpha value is -1.59. The number of anilines is 1. The molecule has 2 N–H and O–H groups in total. The van der Waals surface area contributed by atoms with Crippen molar-refractivity contribution in [2.45, 2.75) is 26.2 Å². The molecule has 0 aliphatic rings. The highest BCUT2D eigenvalue weighted by Crippen LogP contribution is 2.19. The van der Waals surface area contributed by atoms with E-state index >= 15 is 0 Å². The first-order valence-corrected chi connectivity index (χ1v) is 9.40. The largest absolute Gasteiger partial charge is 0.493 e. The van der Waals surface area contributed by atoms with Crippen LogP contribution in [0.15, 0.2) is 53.0 Å². The molecule has 0 spiro atoms. The van der Waals surface area contributed by atoms with Gasteiger partial charge in [-0.05, 0) is 61.3 Å². The Bertz CT molecular complexity index is 663. The molecule has 0 bridgehead atoms. The van der Waals surface area contributed by atoms with Crippen LogP contribution in [0.5, 0.6) is 5.75 Å². The molecule has 0 aliphatic carbocycles. The second kappa shape index (κ2) is 10.3. The lowest BCUT2D eigenvalue weighted by molar-refractivity contribution is 0.314. The van der Waals surface area contributed by atoms with Crippen LogP contribution in [0.3, 0.4) is 0 Å². The number of nitrogens with one attached hydrogen (secondary N) is 2. The van der Waals surface area contributed by atoms with Gasteiger partial charge in [0.2, 0.25) is 0 Å². The average molecular weight is 407 g/mol. The van der Waals surface area contributed by atoms with E-state index in [-0.39, 0.29) is 0 Å². The molecule has 2 rings (SSSR count). The fraction of sp³-hybridized carbons (Fsp3) is 0.316. The Morgan fingerprint density at radius 1 is 1.17 bits per heavy atom. The number of hydrogen-bond donors (Lipinski definition) is 2. The number of benzene rings is 2. The summed E-state index contributed by atoms with van der Waals surface area (Å²) in [5, 5.41) is 7.08. The van der Waals surface area contributed by atoms with Gasteiger partial charge in [0.05, 0.1) is 6.61 Å². The zero-order valence-electron chi connectivity index (χ0n) is 13.8. The third-order valence-corrected chi connectivity index (χ3v) is 4.16. The molecule has 2 aromatic carbocycles. The highest BCUT2D eigenvalue weighted by atomic mass is 79.9. The first-order chi connectivity index (χ1) is 11.7. The zero-order valence-corrected chi connectivity index (χ0v) is 16.3. The van der Waals surface area contributed by atoms with E-state index in [4.69, 9.17) is 17.0 Å². The second-order valence-electron chi connectivity index (χ2n) is 5.45. The summed E-state index contributed by atoms with van der Waals surface area (Å²) >= 11 is 8.78. The highest BCUT2D eigenvalue weighted by molar-refractivity contribution is 9.10. The van der Waals surface area contributed by atoms with Crippen LogP contribution in [0.1, 0.15) is 25.3 Å². The molecular formula is C19H23BrN2OS. The van der Waals surface area contributed by atoms with Crippen LogP contribution >= 0.6 is 28.1 Å². The predicted molar refractivity (Wildman–Crippen MR) is 109 cm³/mol. The number of ether oxygens (including phenoxy) is 1. The van der Waals surface area contributed by atoms with Gasteiger partial charge in [-0.1, -0.05) is 47.1 Å². The first kappa shape index (κ1) is 18.7. The summed E-state index contributed by atoms with van der Waals surface area (Å²) in [7, 11) is 0. The van der Waals surface area contributed by atoms with Gasteiger partial charge in [-0.25, -0.2) is 0 Å². The van der Waals surface area contributed by atoms with Crippen LogP contribution in [0, 0.1) is 0 Å². The number of rotatable bonds is 8. The number of aryl methyl sites for hydroxylation is 1. The SMILES string of the molecule is CCCOc1ccccc1CCCNC(=S)Nc1cccc(Br)c1. The predicted octanol–water partition coefficient (Wildman–Crippen LogP) is 5.16. The molecule has 0 radical (unpaired) electrons. The molecule has 2 aromatic rings. The van der Waals surface area contributed by atoms with Crippen LogP contribution in [-0.4, -0.2) is 18.3 Å². The fourth-order valence-electron chi connectivity index (χ4n) is 2.29. The monoisotopic (exact) mass is 406 g/mol. The normalized spacial score (nSPS) is 10.2. The smallest absolute Gasteiger partial charge is 0.170 e. The van der Waals surface area contributed by atoms with Gasteiger partial charge in [-0.2, -0.15) is 0 Å². The maximum Gasteiger partial charge on any atom is 0.170 e. The molecule has 0 unspecified atom stereocenters. The van der Waals surface area contributed by atoms with Gasteiger partial charge >= 0.3 is 0 Å². The van der Waals surface area contributed by atoms with E-state index in [2.05, 4.69) is 45.6 Å². The summed E-state index contributed by atoms with van der Waals surface area (Å²) in [6, 6.07) is 16.2. The van der Waals surface area contributed by atoms with Gasteiger partial charge < -0.3 is 15.4 Å². The summed E-state index contributed by atoms with van der Waals surface area (Å²) in [6.07, 6.45) is 2.98. The minimum Gasteiger partial charge on any atom is -0.493 e. The van der Waals surface area contributed by atoms with E-state index in [1.54, 1.807) is 0 Å². The van der Waals surface area contributed by atoms with Crippen LogP contribution in [0.4, 0.5) is 5.69 Å². The van der Waals surface area contributed by atoms with E-state index in [0.29, 0.717) is 5.11 Å². The summed E-state index contributed by atoms with van der Waals surface area (Å²) in [5.41, 5.74) is 2.22. The van der Waals surface area contributed by atoms with Crippen LogP contribution in [0.2, 0.25) is 0 Å². The maximum absolute atomic E-state index is 5.79. The van der Waals surface area contributed by atoms with Crippen molar-refractivity contribution in [3.63, 3.8) is 0 Å². The standard InChI is InChI=1S/C19H23BrN2OS/c1-2-13-23-18-11-4-3-7-15(18)8-6-12-21-19(24)22-17-10-5-9-16(20)14-17/h3-5,7,9-11,14H,2,6,8,12-13H2,1H3,(H2,21,22,24). The minimum atomic E-state index is 0.642. The lowest BCUT2D eigenvalue weighted by Crippen LogP contribution is -2.29. The Balaban J connectivity index is 1.74. The number of thiocarbonyl (C=S) groups is 1. The van der Waals surface area contributed by atoms with Crippen molar-refractivity contribution in [2.24, 2.45) is 0 Å². The maximum atomic E-state index is 5.79. The van der Waals surface area contributed by atoms with Gasteiger partial charge in [0.15, 0.2) is 5.11 Å². The lowest BCUT2D eigenvalue weighted by Gasteiger charge is -2.12. The number of para-hydroxylation sites is 1. The molecule has 128 valence electrons. The van der Waals surface area contributed by atoms with E-state index in [1.165, 1.54) is 5.56 Å². The summed E-state index contributed by atoms with van der Waals surface area (Å²) in [4.78, 5) is 0. The third kappa shape index (κ3) is 6.49. The molecule has 0 aliphatic heterocycles. The van der Waals surface area contributed by atoms with Gasteiger partial charge in [-0.15, -0.1) is 0 Å². The van der Waals surface area contributed by atoms with Crippen molar-refractivity contribution in [2.75, 3.05) is 18.5 Å². The van der Waals surface area contributed by atoms with E-state index in [1.807, 2.05) is 36.4 Å². The Morgan fingerprint density at radius 3 is 2.79 bits per heavy atom. The molecule has 0 saturated carbocycles. The molecule has 0 heterocycles. The van der Waals surface area contributed by atoms with E-state index < -0.39 is 0 Å². The number of halogens is 1. The fourth-order valence-corrected chi connectivity index (χ4v) is 2.90. The van der Waals surface area contributed by atoms with E-state index in [0.717, 1.165) is 48.3 Å². The highest BCUT2D eigenvalue weighted by Gasteiger charge is 2.03. The molecule has 0 atom stereocenters. The Kier molecular flexibility index (Phi) is 8.05. The first-order valence-electron chi connectivity index (χ1n) is 8.20. The molecular weight excluding hydrogens is 384 g/mol. The van der Waals surface area contributed by atoms with Gasteiger partial charge in [0, 0.05) is 16.7 Å². The second-order valence-corrected chi connectivity index (χ2v) is 6.77. The van der Waals surface area contributed by atoms with Crippen LogP contribution in [-0.2, 0) is 6.42 Å². The quantitative estimate of drug-likeness (QED) is 0.468. The third-order valence-electron chi connectivity index (χ3n) is 3.43. The van der Waals surface area contributed by atoms with Crippen molar-refractivity contribution >= 4 is 38.9 Å². The molecule has 5 heteroatoms. The average Bonchev–Trinajstić information content (AvgIpc) is 2.58. The molecule has 0 fully saturated rings. The van der Waals surface area contributed by atoms with Crippen molar-refractivity contribution in [3.8, 4) is 5.75 Å². The van der Waals surface area contributed by atoms with Crippen molar-refractivity contribution in [3.05, 3.63) is 58.6 Å². The minimum absolute atomic E-state index is 0.642. The summed E-state index contributed by atoms with van der Waals surface area (Å²) in [6.45, 7) is 3.70. The van der Waals surface area contributed by atoms with Gasteiger partial charge in [0.25, 0.3) is 0 Å². The lowest BCUT2D eigenvalue weighted by atomic mass is 10.1. The topological polar surface area (TPSA) is 33.3 Å². The Labute approximate surface area is 157 Å². The summed E-state index contributed by atoms with van der Waals surface area (Å²) in [5.74, 6) is 0.995. The van der Waals surface area contributed by atoms with Crippen LogP contribution in [0.25, 0.3) is 0 Å². The van der Waals surface area contributed by atoms with Crippen LogP contribution < -0.4 is 15.4 Å². The molecule has 0 aromatic heterocycles. The summed E-state index contributed by atoms with van der Waals surface area (Å²) < 4.78 is 6.82. The molecule has 0 saturated heterocycles. The van der Waals surface area contributed by atoms with Crippen molar-refractivity contribution in [1.82, 2.24) is 5.32 Å². The van der Waals surface area contributed by atoms with Crippen molar-refractivity contribution < 1.29 is 4.74 Å². The molecule has 3 nitrogen and oxygen atoms in total. The Morgan fingerprint density at radius 2 is 2.00 bits per heavy atom. The van der Waals surface area contributed by atoms with Gasteiger partial charge in [0.1, 0.15) is 5.75 Å². The molecule has 0 amide bonds. The molecule has 24 heavy (non-hydrogen) atoms. The number of hydrogen-bond acceptors (Lipinski definition) is 2. The van der Waals surface area contributed by atoms with Crippen molar-refractivity contribution in [1.29, 1.82) is 0 Å². The van der Waals surface area contributed by atoms with E-state index in [9.17, 15) is 0 Å². The van der Waals surface area contributed by atoms with Gasteiger partial charge in [-0.3, -0.25) is 0 Å². The zero-order chi connectivity index (χ0) is 17.2.